The van der Waals surface area contributed by atoms with E-state index in [9.17, 15) is 25.2 Å². The first kappa shape index (κ1) is 14.1. The molecule has 1 aliphatic carbocycles. The summed E-state index contributed by atoms with van der Waals surface area (Å²) in [5.41, 5.74) is -1.82. The molecule has 1 fully saturated rings. The highest BCUT2D eigenvalue weighted by atomic mass is 16.4. The Morgan fingerprint density at radius 3 is 2.37 bits per heavy atom. The van der Waals surface area contributed by atoms with Gasteiger partial charge in [0.15, 0.2) is 11.4 Å². The molecule has 0 heterocycles. The molecule has 5 N–H and O–H groups in total. The molecule has 0 saturated heterocycles. The van der Waals surface area contributed by atoms with Gasteiger partial charge >= 0.3 is 0 Å². The Bertz CT molecular complexity index is 461. The number of carbonyl (C=O) groups is 1. The highest BCUT2D eigenvalue weighted by Gasteiger charge is 2.66. The van der Waals surface area contributed by atoms with E-state index >= 15 is 0 Å². The molecule has 1 aromatic carbocycles. The van der Waals surface area contributed by atoms with E-state index in [1.807, 2.05) is 0 Å². The summed E-state index contributed by atoms with van der Waals surface area (Å²) < 4.78 is 0. The second-order valence-electron chi connectivity index (χ2n) is 4.71. The van der Waals surface area contributed by atoms with Crippen molar-refractivity contribution >= 4 is 5.78 Å². The lowest BCUT2D eigenvalue weighted by atomic mass is 9.59. The minimum absolute atomic E-state index is 0.473. The highest BCUT2D eigenvalue weighted by Crippen LogP contribution is 2.47. The van der Waals surface area contributed by atoms with Gasteiger partial charge < -0.3 is 25.5 Å². The van der Waals surface area contributed by atoms with Gasteiger partial charge in [0.2, 0.25) is 0 Å². The van der Waals surface area contributed by atoms with Crippen LogP contribution in [0.1, 0.15) is 11.5 Å². The molecule has 6 heteroatoms. The minimum Gasteiger partial charge on any atom is -0.393 e. The van der Waals surface area contributed by atoms with Crippen LogP contribution in [0.25, 0.3) is 0 Å². The molecule has 0 radical (unpaired) electrons. The Labute approximate surface area is 109 Å². The number of aliphatic hydroxyl groups is 5. The molecule has 0 amide bonds. The first-order valence-electron chi connectivity index (χ1n) is 5.91. The molecule has 2 rings (SSSR count). The van der Waals surface area contributed by atoms with Crippen LogP contribution in [0.3, 0.4) is 0 Å². The molecular weight excluding hydrogens is 252 g/mol. The standard InChI is InChI=1S/C13H16O6/c14-6-8(15)11(17)13(19)9(10(16)12(13)18)7-4-2-1-3-5-7/h1-5,8-10,12,14-16,18-19H,6H2/t8-,9?,10?,12+,13-/m0/s1. The van der Waals surface area contributed by atoms with Crippen LogP contribution in [0.5, 0.6) is 0 Å². The van der Waals surface area contributed by atoms with Gasteiger partial charge in [-0.2, -0.15) is 0 Å². The number of hydrogen-bond acceptors (Lipinski definition) is 6. The maximum Gasteiger partial charge on any atom is 0.198 e. The van der Waals surface area contributed by atoms with Gasteiger partial charge in [0, 0.05) is 0 Å². The molecule has 0 aliphatic heterocycles. The molecule has 6 nitrogen and oxygen atoms in total. The maximum absolute atomic E-state index is 11.9. The smallest absolute Gasteiger partial charge is 0.198 e. The van der Waals surface area contributed by atoms with Gasteiger partial charge in [0.1, 0.15) is 12.2 Å². The number of carbonyl (C=O) groups excluding carboxylic acids is 1. The monoisotopic (exact) mass is 268 g/mol. The fourth-order valence-corrected chi connectivity index (χ4v) is 2.53. The van der Waals surface area contributed by atoms with E-state index in [4.69, 9.17) is 5.11 Å². The van der Waals surface area contributed by atoms with Crippen molar-refractivity contribution in [1.82, 2.24) is 0 Å². The van der Waals surface area contributed by atoms with Crippen molar-refractivity contribution in [3.8, 4) is 0 Å². The Morgan fingerprint density at radius 1 is 1.26 bits per heavy atom. The molecule has 19 heavy (non-hydrogen) atoms. The van der Waals surface area contributed by atoms with Crippen LogP contribution in [0.15, 0.2) is 30.3 Å². The van der Waals surface area contributed by atoms with E-state index in [0.717, 1.165) is 0 Å². The number of aliphatic hydroxyl groups excluding tert-OH is 4. The van der Waals surface area contributed by atoms with Crippen LogP contribution in [0.2, 0.25) is 0 Å². The van der Waals surface area contributed by atoms with Crippen molar-refractivity contribution in [2.75, 3.05) is 6.61 Å². The summed E-state index contributed by atoms with van der Waals surface area (Å²) in [7, 11) is 0. The third-order valence-electron chi connectivity index (χ3n) is 3.62. The molecule has 5 atom stereocenters. The molecule has 1 saturated carbocycles. The van der Waals surface area contributed by atoms with Gasteiger partial charge in [-0.05, 0) is 5.56 Å². The Hall–Kier alpha value is -1.31. The summed E-state index contributed by atoms with van der Waals surface area (Å²) in [6.45, 7) is -0.856. The number of benzene rings is 1. The average molecular weight is 268 g/mol. The van der Waals surface area contributed by atoms with Crippen molar-refractivity contribution in [2.45, 2.75) is 29.8 Å². The summed E-state index contributed by atoms with van der Waals surface area (Å²) >= 11 is 0. The van der Waals surface area contributed by atoms with Crippen LogP contribution < -0.4 is 0 Å². The van der Waals surface area contributed by atoms with E-state index < -0.39 is 42.2 Å². The van der Waals surface area contributed by atoms with Gasteiger partial charge in [-0.1, -0.05) is 30.3 Å². The van der Waals surface area contributed by atoms with Crippen molar-refractivity contribution < 1.29 is 30.3 Å². The summed E-state index contributed by atoms with van der Waals surface area (Å²) in [4.78, 5) is 11.9. The largest absolute Gasteiger partial charge is 0.393 e. The van der Waals surface area contributed by atoms with Crippen LogP contribution in [0, 0.1) is 0 Å². The number of rotatable bonds is 4. The predicted molar refractivity (Wildman–Crippen MR) is 64.2 cm³/mol. The van der Waals surface area contributed by atoms with Gasteiger partial charge in [-0.3, -0.25) is 4.79 Å². The van der Waals surface area contributed by atoms with Gasteiger partial charge in [0.25, 0.3) is 0 Å². The first-order valence-corrected chi connectivity index (χ1v) is 5.91. The van der Waals surface area contributed by atoms with Crippen molar-refractivity contribution in [2.24, 2.45) is 0 Å². The molecule has 2 unspecified atom stereocenters. The Morgan fingerprint density at radius 2 is 1.84 bits per heavy atom. The van der Waals surface area contributed by atoms with Crippen LogP contribution in [0.4, 0.5) is 0 Å². The normalized spacial score (nSPS) is 35.5. The van der Waals surface area contributed by atoms with Crippen molar-refractivity contribution in [3.63, 3.8) is 0 Å². The van der Waals surface area contributed by atoms with E-state index in [0.29, 0.717) is 5.56 Å². The summed E-state index contributed by atoms with van der Waals surface area (Å²) in [5, 5.41) is 47.8. The lowest BCUT2D eigenvalue weighted by Crippen LogP contribution is -2.73. The molecule has 1 aromatic rings. The molecule has 1 aliphatic rings. The lowest BCUT2D eigenvalue weighted by molar-refractivity contribution is -0.231. The zero-order chi connectivity index (χ0) is 14.2. The molecule has 104 valence electrons. The topological polar surface area (TPSA) is 118 Å². The molecule has 0 aromatic heterocycles. The van der Waals surface area contributed by atoms with Crippen molar-refractivity contribution in [3.05, 3.63) is 35.9 Å². The van der Waals surface area contributed by atoms with Crippen LogP contribution >= 0.6 is 0 Å². The van der Waals surface area contributed by atoms with Crippen molar-refractivity contribution in [1.29, 1.82) is 0 Å². The van der Waals surface area contributed by atoms with E-state index in [-0.39, 0.29) is 0 Å². The second-order valence-corrected chi connectivity index (χ2v) is 4.71. The summed E-state index contributed by atoms with van der Waals surface area (Å²) in [6, 6.07) is 8.27. The van der Waals surface area contributed by atoms with Crippen LogP contribution in [-0.4, -0.2) is 61.8 Å². The Balaban J connectivity index is 2.35. The summed E-state index contributed by atoms with van der Waals surface area (Å²) in [5.74, 6) is -2.13. The van der Waals surface area contributed by atoms with E-state index in [2.05, 4.69) is 0 Å². The van der Waals surface area contributed by atoms with Crippen LogP contribution in [-0.2, 0) is 4.79 Å². The summed E-state index contributed by atoms with van der Waals surface area (Å²) in [6.07, 6.45) is -4.79. The van der Waals surface area contributed by atoms with Gasteiger partial charge in [-0.15, -0.1) is 0 Å². The third-order valence-corrected chi connectivity index (χ3v) is 3.62. The third kappa shape index (κ3) is 1.98. The molecular formula is C13H16O6. The lowest BCUT2D eigenvalue weighted by Gasteiger charge is -2.52. The maximum atomic E-state index is 11.9. The zero-order valence-electron chi connectivity index (χ0n) is 10.0. The van der Waals surface area contributed by atoms with E-state index in [1.165, 1.54) is 0 Å². The SMILES string of the molecule is O=C([C@@H](O)CO)[C@@]1(O)C(c2ccccc2)C(O)[C@H]1O. The Kier molecular flexibility index (Phi) is 3.71. The van der Waals surface area contributed by atoms with Gasteiger partial charge in [0.05, 0.1) is 18.6 Å². The quantitative estimate of drug-likeness (QED) is 0.438. The fourth-order valence-electron chi connectivity index (χ4n) is 2.53. The van der Waals surface area contributed by atoms with E-state index in [1.54, 1.807) is 30.3 Å². The first-order chi connectivity index (χ1) is 8.94. The number of hydrogen-bond donors (Lipinski definition) is 5. The number of Topliss-reactive ketones (excluding diaryl/α,β-unsaturated/α-hetero) is 1. The average Bonchev–Trinajstić information content (AvgIpc) is 2.46. The number of ketones is 1. The second kappa shape index (κ2) is 4.99. The highest BCUT2D eigenvalue weighted by molar-refractivity contribution is 5.94. The predicted octanol–water partition coefficient (Wildman–Crippen LogP) is -1.84. The molecule has 0 bridgehead atoms. The zero-order valence-corrected chi connectivity index (χ0v) is 10.0. The molecule has 0 spiro atoms. The fraction of sp³-hybridized carbons (Fsp3) is 0.462. The van der Waals surface area contributed by atoms with Gasteiger partial charge in [-0.25, -0.2) is 0 Å². The minimum atomic E-state index is -2.29.